The number of benzene rings is 2. The highest BCUT2D eigenvalue weighted by Crippen LogP contribution is 2.49. The highest BCUT2D eigenvalue weighted by atomic mass is 16.0. The molecule has 0 saturated carbocycles. The van der Waals surface area contributed by atoms with Gasteiger partial charge in [-0.05, 0) is 18.2 Å². The van der Waals surface area contributed by atoms with Crippen LogP contribution in [0.3, 0.4) is 0 Å². The average Bonchev–Trinajstić information content (AvgIpc) is 2.85. The molecule has 0 atom stereocenters. The monoisotopic (exact) mass is 209 g/mol. The van der Waals surface area contributed by atoms with Gasteiger partial charge in [0.05, 0.1) is 17.1 Å². The Bertz CT molecular complexity index is 515. The van der Waals surface area contributed by atoms with Crippen molar-refractivity contribution in [3.63, 3.8) is 0 Å². The lowest BCUT2D eigenvalue weighted by atomic mass is 10.3. The maximum Gasteiger partial charge on any atom is 0.0800 e. The molecule has 0 aliphatic carbocycles. The molecular weight excluding hydrogens is 200 g/mol. The number of hydrogen-bond acceptors (Lipinski definition) is 3. The second kappa shape index (κ2) is 2.61. The zero-order chi connectivity index (χ0) is 10.5. The van der Waals surface area contributed by atoms with Gasteiger partial charge in [-0.1, -0.05) is 36.0 Å². The fourth-order valence-electron chi connectivity index (χ4n) is 2.10. The van der Waals surface area contributed by atoms with Crippen molar-refractivity contribution in [1.82, 2.24) is 0 Å². The number of nitrogens with zero attached hydrogens (tertiary/aromatic N) is 3. The van der Waals surface area contributed by atoms with Crippen LogP contribution in [-0.4, -0.2) is 0 Å². The van der Waals surface area contributed by atoms with Gasteiger partial charge in [-0.3, -0.25) is 5.43 Å². The number of anilines is 3. The smallest absolute Gasteiger partial charge is 0.0800 e. The highest BCUT2D eigenvalue weighted by molar-refractivity contribution is 5.92. The highest BCUT2D eigenvalue weighted by Gasteiger charge is 2.26. The van der Waals surface area contributed by atoms with Crippen LogP contribution in [0.25, 0.3) is 5.43 Å². The molecule has 4 rings (SSSR count). The van der Waals surface area contributed by atoms with Crippen LogP contribution < -0.4 is 15.7 Å². The van der Waals surface area contributed by atoms with Crippen LogP contribution >= 0.6 is 0 Å². The van der Waals surface area contributed by atoms with Crippen molar-refractivity contribution in [3.05, 3.63) is 54.0 Å². The second-order valence-electron chi connectivity index (χ2n) is 3.82. The maximum absolute atomic E-state index is 4.55. The molecule has 4 nitrogen and oxygen atoms in total. The topological polar surface area (TPSA) is 32.6 Å². The Morgan fingerprint density at radius 1 is 0.875 bits per heavy atom. The van der Waals surface area contributed by atoms with Crippen LogP contribution in [0, 0.1) is 0 Å². The average molecular weight is 209 g/mol. The number of fused-ring (bicyclic) bond motifs is 5. The molecule has 0 saturated heterocycles. The van der Waals surface area contributed by atoms with Crippen LogP contribution in [0.15, 0.2) is 48.5 Å². The van der Waals surface area contributed by atoms with E-state index in [0.717, 1.165) is 22.7 Å². The second-order valence-corrected chi connectivity index (χ2v) is 3.82. The molecule has 2 aliphatic rings. The van der Waals surface area contributed by atoms with Crippen LogP contribution in [0.1, 0.15) is 0 Å². The quantitative estimate of drug-likeness (QED) is 0.723. The van der Waals surface area contributed by atoms with E-state index in [1.165, 1.54) is 0 Å². The van der Waals surface area contributed by atoms with E-state index in [2.05, 4.69) is 23.0 Å². The number of hydrogen-bond donors (Lipinski definition) is 1. The van der Waals surface area contributed by atoms with E-state index in [9.17, 15) is 0 Å². The lowest BCUT2D eigenvalue weighted by Gasteiger charge is -2.32. The van der Waals surface area contributed by atoms with Gasteiger partial charge in [-0.2, -0.15) is 0 Å². The van der Waals surface area contributed by atoms with Gasteiger partial charge >= 0.3 is 0 Å². The Labute approximate surface area is 93.0 Å². The van der Waals surface area contributed by atoms with Gasteiger partial charge in [-0.15, -0.1) is 0 Å². The van der Waals surface area contributed by atoms with Gasteiger partial charge in [0.15, 0.2) is 0 Å². The largest absolute Gasteiger partial charge is 0.571 e. The molecule has 2 aromatic carbocycles. The first-order chi connectivity index (χ1) is 7.93. The molecule has 2 aromatic rings. The predicted molar refractivity (Wildman–Crippen MR) is 64.5 cm³/mol. The first-order valence-corrected chi connectivity index (χ1v) is 5.20. The SMILES string of the molecule is c1ccc2c(c1)[N-]N1c3ccccc3NN21. The van der Waals surface area contributed by atoms with Gasteiger partial charge in [0.1, 0.15) is 0 Å². The fourth-order valence-corrected chi connectivity index (χ4v) is 2.10. The van der Waals surface area contributed by atoms with Gasteiger partial charge < -0.3 is 10.5 Å². The first-order valence-electron chi connectivity index (χ1n) is 5.20. The molecule has 1 N–H and O–H groups in total. The molecule has 0 unspecified atom stereocenters. The lowest BCUT2D eigenvalue weighted by Crippen LogP contribution is -2.34. The van der Waals surface area contributed by atoms with E-state index < -0.39 is 0 Å². The lowest BCUT2D eigenvalue weighted by molar-refractivity contribution is 0.984. The van der Waals surface area contributed by atoms with Crippen molar-refractivity contribution >= 4 is 22.7 Å². The summed E-state index contributed by atoms with van der Waals surface area (Å²) in [5, 5.41) is 3.85. The molecule has 2 aliphatic heterocycles. The first kappa shape index (κ1) is 7.87. The van der Waals surface area contributed by atoms with E-state index in [-0.39, 0.29) is 0 Å². The van der Waals surface area contributed by atoms with Crippen LogP contribution in [-0.2, 0) is 0 Å². The number of nitrogens with one attached hydrogen (secondary N) is 1. The summed E-state index contributed by atoms with van der Waals surface area (Å²) < 4.78 is 0. The molecule has 0 amide bonds. The van der Waals surface area contributed by atoms with E-state index in [1.807, 2.05) is 46.6 Å². The number of hydrazine groups is 2. The maximum atomic E-state index is 4.55. The molecule has 0 radical (unpaired) electrons. The van der Waals surface area contributed by atoms with E-state index in [4.69, 9.17) is 0 Å². The Morgan fingerprint density at radius 3 is 2.56 bits per heavy atom. The minimum absolute atomic E-state index is 0.990. The molecule has 0 bridgehead atoms. The van der Waals surface area contributed by atoms with Crippen molar-refractivity contribution in [2.45, 2.75) is 0 Å². The Balaban J connectivity index is 1.86. The summed E-state index contributed by atoms with van der Waals surface area (Å²) in [6.07, 6.45) is 0. The Hall–Kier alpha value is -2.36. The fraction of sp³-hybridized carbons (Fsp3) is 0. The van der Waals surface area contributed by atoms with E-state index in [1.54, 1.807) is 0 Å². The van der Waals surface area contributed by atoms with E-state index in [0.29, 0.717) is 0 Å². The van der Waals surface area contributed by atoms with Crippen molar-refractivity contribution in [3.8, 4) is 0 Å². The summed E-state index contributed by atoms with van der Waals surface area (Å²) in [7, 11) is 0. The van der Waals surface area contributed by atoms with Crippen LogP contribution in [0.2, 0.25) is 0 Å². The number of para-hydroxylation sites is 3. The minimum Gasteiger partial charge on any atom is -0.571 e. The zero-order valence-corrected chi connectivity index (χ0v) is 8.46. The minimum atomic E-state index is 0.990. The zero-order valence-electron chi connectivity index (χ0n) is 8.46. The summed E-state index contributed by atoms with van der Waals surface area (Å²) in [5.74, 6) is 0. The molecule has 0 spiro atoms. The van der Waals surface area contributed by atoms with Gasteiger partial charge in [-0.25, -0.2) is 5.12 Å². The summed E-state index contributed by atoms with van der Waals surface area (Å²) >= 11 is 0. The third-order valence-electron chi connectivity index (χ3n) is 2.85. The van der Waals surface area contributed by atoms with Crippen molar-refractivity contribution in [2.24, 2.45) is 0 Å². The Kier molecular flexibility index (Phi) is 1.28. The van der Waals surface area contributed by atoms with Gasteiger partial charge in [0, 0.05) is 0 Å². The van der Waals surface area contributed by atoms with Crippen molar-refractivity contribution in [1.29, 1.82) is 0 Å². The Morgan fingerprint density at radius 2 is 1.62 bits per heavy atom. The van der Waals surface area contributed by atoms with Crippen molar-refractivity contribution < 1.29 is 0 Å². The molecule has 16 heavy (non-hydrogen) atoms. The third-order valence-corrected chi connectivity index (χ3v) is 2.85. The summed E-state index contributed by atoms with van der Waals surface area (Å²) in [6.45, 7) is 0. The molecule has 0 fully saturated rings. The molecule has 4 heteroatoms. The van der Waals surface area contributed by atoms with E-state index >= 15 is 0 Å². The molecule has 78 valence electrons. The summed E-state index contributed by atoms with van der Waals surface area (Å²) in [4.78, 5) is 0. The third kappa shape index (κ3) is 0.839. The standard InChI is InChI=1S/C12H9N4/c1-3-7-11-9(5-1)13-16-12-8-4-2-6-10(12)14-15(11)16/h1-8,13H/q-1. The van der Waals surface area contributed by atoms with Crippen molar-refractivity contribution in [2.75, 3.05) is 15.7 Å². The number of rotatable bonds is 0. The predicted octanol–water partition coefficient (Wildman–Crippen LogP) is 3.19. The van der Waals surface area contributed by atoms with Gasteiger partial charge in [0.25, 0.3) is 0 Å². The normalized spacial score (nSPS) is 15.0. The van der Waals surface area contributed by atoms with Crippen LogP contribution in [0.5, 0.6) is 0 Å². The summed E-state index contributed by atoms with van der Waals surface area (Å²) in [6, 6.07) is 16.2. The van der Waals surface area contributed by atoms with Gasteiger partial charge in [0.2, 0.25) is 0 Å². The summed E-state index contributed by atoms with van der Waals surface area (Å²) in [5.41, 5.74) is 12.1. The molecule has 2 heterocycles. The van der Waals surface area contributed by atoms with Crippen LogP contribution in [0.4, 0.5) is 22.7 Å². The molecule has 0 aromatic heterocycles. The molecular formula is C12H9N4-.